The summed E-state index contributed by atoms with van der Waals surface area (Å²) in [5, 5.41) is 2.26. The highest BCUT2D eigenvalue weighted by Gasteiger charge is 2.43. The highest BCUT2D eigenvalue weighted by atomic mass is 35.5. The van der Waals surface area contributed by atoms with Crippen LogP contribution in [0.2, 0.25) is 6.04 Å². The molecule has 0 spiro atoms. The molecule has 1 radical (unpaired) electrons. The van der Waals surface area contributed by atoms with E-state index in [2.05, 4.69) is 12.2 Å². The molecule has 0 aromatic carbocycles. The van der Waals surface area contributed by atoms with Crippen LogP contribution in [0.1, 0.15) is 20.3 Å². The number of nitrogens with two attached hydrogens (primary N) is 1. The zero-order valence-electron chi connectivity index (χ0n) is 9.72. The summed E-state index contributed by atoms with van der Waals surface area (Å²) in [6.07, 6.45) is 1.14. The summed E-state index contributed by atoms with van der Waals surface area (Å²) in [6, 6.07) is 1.06. The van der Waals surface area contributed by atoms with E-state index in [1.54, 1.807) is 7.11 Å². The third-order valence-electron chi connectivity index (χ3n) is 2.29. The fourth-order valence-corrected chi connectivity index (χ4v) is 2.56. The molecule has 2 N–H and O–H groups in total. The molecule has 0 amide bonds. The molecule has 0 bridgehead atoms. The standard InChI is InChI=1S/C9H20NO3Si.ClH/c1-4-13-14(11-3)7-5-6-10-9(2)8-12-9;/h10H,4-8H2,1-3H3;1H. The van der Waals surface area contributed by atoms with Crippen LogP contribution < -0.4 is 17.7 Å². The van der Waals surface area contributed by atoms with Gasteiger partial charge in [0.15, 0.2) is 0 Å². The average Bonchev–Trinajstić information content (AvgIpc) is 2.90. The van der Waals surface area contributed by atoms with E-state index < -0.39 is 9.28 Å². The molecule has 1 heterocycles. The van der Waals surface area contributed by atoms with Gasteiger partial charge in [0.25, 0.3) is 0 Å². The fraction of sp³-hybridized carbons (Fsp3) is 1.00. The van der Waals surface area contributed by atoms with Crippen LogP contribution in [0.4, 0.5) is 0 Å². The maximum Gasteiger partial charge on any atom is 0.384 e. The largest absolute Gasteiger partial charge is 1.00 e. The van der Waals surface area contributed by atoms with Crippen LogP contribution in [-0.4, -0.2) is 41.9 Å². The van der Waals surface area contributed by atoms with Gasteiger partial charge in [0.05, 0.1) is 6.54 Å². The first-order chi connectivity index (χ1) is 6.70. The predicted octanol–water partition coefficient (Wildman–Crippen LogP) is -3.14. The topological polar surface area (TPSA) is 47.6 Å². The maximum absolute atomic E-state index is 5.47. The molecule has 1 fully saturated rings. The quantitative estimate of drug-likeness (QED) is 0.283. The van der Waals surface area contributed by atoms with E-state index in [1.165, 1.54) is 0 Å². The summed E-state index contributed by atoms with van der Waals surface area (Å²) < 4.78 is 16.0. The van der Waals surface area contributed by atoms with Crippen molar-refractivity contribution in [2.24, 2.45) is 0 Å². The molecule has 6 heteroatoms. The predicted molar refractivity (Wildman–Crippen MR) is 55.0 cm³/mol. The van der Waals surface area contributed by atoms with E-state index in [-0.39, 0.29) is 18.1 Å². The summed E-state index contributed by atoms with van der Waals surface area (Å²) in [5.74, 6) is 0. The molecule has 15 heavy (non-hydrogen) atoms. The SMILES string of the molecule is CCO[Si](CCC[NH2+]C1(C)CO1)OC.[Cl-]. The van der Waals surface area contributed by atoms with Crippen molar-refractivity contribution in [3.63, 3.8) is 0 Å². The van der Waals surface area contributed by atoms with Gasteiger partial charge >= 0.3 is 9.28 Å². The Morgan fingerprint density at radius 2 is 2.20 bits per heavy atom. The van der Waals surface area contributed by atoms with Gasteiger partial charge in [0.1, 0.15) is 6.61 Å². The molecule has 1 unspecified atom stereocenters. The molecule has 1 aliphatic heterocycles. The molecule has 1 saturated heterocycles. The third kappa shape index (κ3) is 6.50. The van der Waals surface area contributed by atoms with Crippen molar-refractivity contribution in [3.8, 4) is 0 Å². The van der Waals surface area contributed by atoms with Crippen molar-refractivity contribution in [1.29, 1.82) is 0 Å². The monoisotopic (exact) mass is 254 g/mol. The molecule has 1 rings (SSSR count). The summed E-state index contributed by atoms with van der Waals surface area (Å²) in [7, 11) is 0.742. The summed E-state index contributed by atoms with van der Waals surface area (Å²) in [6.45, 7) is 6.88. The molecular weight excluding hydrogens is 234 g/mol. The van der Waals surface area contributed by atoms with Gasteiger partial charge in [0, 0.05) is 20.6 Å². The van der Waals surface area contributed by atoms with Gasteiger partial charge in [-0.15, -0.1) is 0 Å². The molecule has 0 saturated carbocycles. The Bertz CT molecular complexity index is 169. The van der Waals surface area contributed by atoms with Gasteiger partial charge in [-0.2, -0.15) is 0 Å². The van der Waals surface area contributed by atoms with Crippen molar-refractivity contribution in [3.05, 3.63) is 0 Å². The van der Waals surface area contributed by atoms with Crippen LogP contribution in [0.15, 0.2) is 0 Å². The zero-order chi connectivity index (χ0) is 10.4. The lowest BCUT2D eigenvalue weighted by molar-refractivity contribution is -0.717. The minimum absolute atomic E-state index is 0. The lowest BCUT2D eigenvalue weighted by Crippen LogP contribution is -3.00. The van der Waals surface area contributed by atoms with E-state index in [1.807, 2.05) is 6.92 Å². The molecule has 0 aromatic rings. The number of ether oxygens (including phenoxy) is 1. The minimum atomic E-state index is -0.993. The Morgan fingerprint density at radius 1 is 1.53 bits per heavy atom. The van der Waals surface area contributed by atoms with Gasteiger partial charge in [-0.25, -0.2) is 0 Å². The van der Waals surface area contributed by atoms with Crippen LogP contribution in [-0.2, 0) is 13.6 Å². The maximum atomic E-state index is 5.47. The van der Waals surface area contributed by atoms with Crippen molar-refractivity contribution < 1.29 is 31.3 Å². The Hall–Kier alpha value is 0.347. The lowest BCUT2D eigenvalue weighted by atomic mass is 10.3. The van der Waals surface area contributed by atoms with Gasteiger partial charge in [0.2, 0.25) is 5.72 Å². The molecular formula is C9H21ClNO3Si. The normalized spacial score (nSPS) is 24.0. The van der Waals surface area contributed by atoms with E-state index in [4.69, 9.17) is 13.6 Å². The third-order valence-corrected chi connectivity index (χ3v) is 4.12. The molecule has 4 nitrogen and oxygen atoms in total. The van der Waals surface area contributed by atoms with Crippen molar-refractivity contribution in [1.82, 2.24) is 0 Å². The van der Waals surface area contributed by atoms with Gasteiger partial charge in [-0.05, 0) is 19.4 Å². The second kappa shape index (κ2) is 7.59. The first-order valence-electron chi connectivity index (χ1n) is 5.21. The van der Waals surface area contributed by atoms with E-state index >= 15 is 0 Å². The van der Waals surface area contributed by atoms with Crippen LogP contribution >= 0.6 is 0 Å². The fourth-order valence-electron chi connectivity index (χ4n) is 1.28. The van der Waals surface area contributed by atoms with Crippen molar-refractivity contribution >= 4 is 9.28 Å². The van der Waals surface area contributed by atoms with Crippen molar-refractivity contribution in [2.75, 3.05) is 26.9 Å². The number of epoxide rings is 1. The Morgan fingerprint density at radius 3 is 2.67 bits per heavy atom. The molecule has 0 aromatic heterocycles. The second-order valence-corrected chi connectivity index (χ2v) is 5.65. The van der Waals surface area contributed by atoms with Gasteiger partial charge < -0.3 is 31.3 Å². The number of rotatable bonds is 8. The van der Waals surface area contributed by atoms with E-state index in [0.29, 0.717) is 0 Å². The highest BCUT2D eigenvalue weighted by molar-refractivity contribution is 6.44. The molecule has 1 aliphatic rings. The van der Waals surface area contributed by atoms with E-state index in [9.17, 15) is 0 Å². The van der Waals surface area contributed by atoms with Crippen LogP contribution in [0.3, 0.4) is 0 Å². The van der Waals surface area contributed by atoms with Crippen molar-refractivity contribution in [2.45, 2.75) is 32.0 Å². The number of halogens is 1. The van der Waals surface area contributed by atoms with Gasteiger partial charge in [-0.3, -0.25) is 0 Å². The van der Waals surface area contributed by atoms with Gasteiger partial charge in [-0.1, -0.05) is 0 Å². The van der Waals surface area contributed by atoms with Crippen LogP contribution in [0.5, 0.6) is 0 Å². The number of hydrogen-bond donors (Lipinski definition) is 1. The van der Waals surface area contributed by atoms with Crippen LogP contribution in [0, 0.1) is 0 Å². The highest BCUT2D eigenvalue weighted by Crippen LogP contribution is 2.15. The lowest BCUT2D eigenvalue weighted by Gasteiger charge is -2.10. The first-order valence-corrected chi connectivity index (χ1v) is 6.73. The van der Waals surface area contributed by atoms with E-state index in [0.717, 1.165) is 32.2 Å². The molecule has 0 aliphatic carbocycles. The number of quaternary nitrogens is 1. The first kappa shape index (κ1) is 15.3. The smallest absolute Gasteiger partial charge is 0.384 e. The summed E-state index contributed by atoms with van der Waals surface area (Å²) in [4.78, 5) is 0. The molecule has 91 valence electrons. The summed E-state index contributed by atoms with van der Waals surface area (Å²) in [5.41, 5.74) is 0.0889. The minimum Gasteiger partial charge on any atom is -1.00 e. The average molecular weight is 255 g/mol. The Kier molecular flexibility index (Phi) is 7.77. The Balaban J connectivity index is 0.00000196. The molecule has 1 atom stereocenters. The summed E-state index contributed by atoms with van der Waals surface area (Å²) >= 11 is 0. The van der Waals surface area contributed by atoms with Crippen LogP contribution in [0.25, 0.3) is 0 Å². The zero-order valence-corrected chi connectivity index (χ0v) is 11.5. The number of hydrogen-bond acceptors (Lipinski definition) is 3. The Labute approximate surface area is 99.9 Å². The second-order valence-electron chi connectivity index (χ2n) is 3.71.